The van der Waals surface area contributed by atoms with Crippen molar-refractivity contribution in [3.8, 4) is 0 Å². The van der Waals surface area contributed by atoms with Gasteiger partial charge in [0.1, 0.15) is 5.82 Å². The number of anilines is 1. The van der Waals surface area contributed by atoms with Crippen molar-refractivity contribution < 1.29 is 4.39 Å². The van der Waals surface area contributed by atoms with Crippen LogP contribution in [0.4, 0.5) is 10.1 Å². The summed E-state index contributed by atoms with van der Waals surface area (Å²) >= 11 is 0. The number of hydrogen-bond donors (Lipinski definition) is 1. The molecule has 6 rings (SSSR count). The summed E-state index contributed by atoms with van der Waals surface area (Å²) in [6.45, 7) is 4.07. The van der Waals surface area contributed by atoms with Crippen LogP contribution in [0.15, 0.2) is 60.7 Å². The van der Waals surface area contributed by atoms with Crippen molar-refractivity contribution in [2.45, 2.75) is 30.8 Å². The predicted octanol–water partition coefficient (Wildman–Crippen LogP) is 4.48. The number of rotatable bonds is 2. The fourth-order valence-electron chi connectivity index (χ4n) is 5.89. The predicted molar refractivity (Wildman–Crippen MR) is 116 cm³/mol. The van der Waals surface area contributed by atoms with E-state index in [1.165, 1.54) is 21.9 Å². The monoisotopic (exact) mass is 387 g/mol. The third kappa shape index (κ3) is 2.70. The summed E-state index contributed by atoms with van der Waals surface area (Å²) in [5, 5.41) is 6.43. The van der Waals surface area contributed by atoms with Gasteiger partial charge in [0.2, 0.25) is 0 Å². The average molecular weight is 388 g/mol. The van der Waals surface area contributed by atoms with Crippen LogP contribution in [0.1, 0.15) is 30.0 Å². The van der Waals surface area contributed by atoms with Crippen LogP contribution >= 0.6 is 0 Å². The second-order valence-electron chi connectivity index (χ2n) is 8.83. The molecular formula is C25H26FN3. The van der Waals surface area contributed by atoms with Crippen molar-refractivity contribution in [1.82, 2.24) is 10.2 Å². The minimum atomic E-state index is -0.167. The molecule has 3 aromatic carbocycles. The van der Waals surface area contributed by atoms with Crippen LogP contribution < -0.4 is 10.2 Å². The molecule has 1 atom stereocenters. The van der Waals surface area contributed by atoms with Crippen molar-refractivity contribution in [2.24, 2.45) is 0 Å². The van der Waals surface area contributed by atoms with Gasteiger partial charge in [-0.25, -0.2) is 4.39 Å². The van der Waals surface area contributed by atoms with Gasteiger partial charge in [0.05, 0.1) is 12.2 Å². The SMILES string of the molecule is Fc1ccc(N2CNCC23CCN([C@@H]2Cc4cccc5cccc2c45)CC3)cc1. The lowest BCUT2D eigenvalue weighted by Gasteiger charge is -2.47. The highest BCUT2D eigenvalue weighted by Gasteiger charge is 2.45. The maximum Gasteiger partial charge on any atom is 0.123 e. The molecule has 1 aliphatic carbocycles. The molecule has 2 aliphatic heterocycles. The zero-order valence-corrected chi connectivity index (χ0v) is 16.6. The Labute approximate surface area is 171 Å². The molecule has 3 nitrogen and oxygen atoms in total. The first kappa shape index (κ1) is 17.4. The molecule has 148 valence electrons. The average Bonchev–Trinajstić information content (AvgIpc) is 3.33. The van der Waals surface area contributed by atoms with Gasteiger partial charge in [-0.3, -0.25) is 10.2 Å². The van der Waals surface area contributed by atoms with Crippen LogP contribution in [0.3, 0.4) is 0 Å². The first-order valence-corrected chi connectivity index (χ1v) is 10.7. The summed E-state index contributed by atoms with van der Waals surface area (Å²) in [4.78, 5) is 5.16. The van der Waals surface area contributed by atoms with Crippen LogP contribution in [0.5, 0.6) is 0 Å². The molecule has 1 spiro atoms. The molecule has 4 heteroatoms. The molecule has 1 N–H and O–H groups in total. The Morgan fingerprint density at radius 1 is 0.931 bits per heavy atom. The molecule has 2 saturated heterocycles. The summed E-state index contributed by atoms with van der Waals surface area (Å²) in [6, 6.07) is 21.0. The molecule has 3 aromatic rings. The van der Waals surface area contributed by atoms with E-state index in [2.05, 4.69) is 51.5 Å². The van der Waals surface area contributed by atoms with Crippen molar-refractivity contribution in [1.29, 1.82) is 0 Å². The van der Waals surface area contributed by atoms with Gasteiger partial charge in [-0.15, -0.1) is 0 Å². The number of hydrogen-bond acceptors (Lipinski definition) is 3. The lowest BCUT2D eigenvalue weighted by Crippen LogP contribution is -2.54. The lowest BCUT2D eigenvalue weighted by molar-refractivity contribution is 0.124. The van der Waals surface area contributed by atoms with E-state index in [-0.39, 0.29) is 11.4 Å². The van der Waals surface area contributed by atoms with Crippen LogP contribution in [-0.2, 0) is 6.42 Å². The molecule has 3 aliphatic rings. The van der Waals surface area contributed by atoms with Gasteiger partial charge in [-0.05, 0) is 65.4 Å². The summed E-state index contributed by atoms with van der Waals surface area (Å²) in [7, 11) is 0. The summed E-state index contributed by atoms with van der Waals surface area (Å²) in [5.74, 6) is -0.167. The van der Waals surface area contributed by atoms with Crippen molar-refractivity contribution in [3.63, 3.8) is 0 Å². The van der Waals surface area contributed by atoms with E-state index in [1.54, 1.807) is 12.1 Å². The third-order valence-corrected chi connectivity index (χ3v) is 7.40. The highest BCUT2D eigenvalue weighted by atomic mass is 19.1. The van der Waals surface area contributed by atoms with Crippen LogP contribution in [0.2, 0.25) is 0 Å². The topological polar surface area (TPSA) is 18.5 Å². The van der Waals surface area contributed by atoms with E-state index >= 15 is 0 Å². The Bertz CT molecular complexity index is 1050. The van der Waals surface area contributed by atoms with E-state index < -0.39 is 0 Å². The maximum absolute atomic E-state index is 13.4. The Morgan fingerprint density at radius 2 is 1.69 bits per heavy atom. The van der Waals surface area contributed by atoms with Gasteiger partial charge >= 0.3 is 0 Å². The number of halogens is 1. The Morgan fingerprint density at radius 3 is 2.48 bits per heavy atom. The van der Waals surface area contributed by atoms with Gasteiger partial charge < -0.3 is 4.90 Å². The third-order valence-electron chi connectivity index (χ3n) is 7.40. The Kier molecular flexibility index (Phi) is 3.93. The zero-order chi connectivity index (χ0) is 19.4. The molecule has 0 aromatic heterocycles. The van der Waals surface area contributed by atoms with E-state index in [1.807, 2.05) is 12.1 Å². The first-order valence-electron chi connectivity index (χ1n) is 10.7. The normalized spacial score (nSPS) is 23.3. The number of piperidine rings is 1. The van der Waals surface area contributed by atoms with Crippen molar-refractivity contribution in [3.05, 3.63) is 77.6 Å². The number of nitrogens with zero attached hydrogens (tertiary/aromatic N) is 2. The molecule has 0 amide bonds. The van der Waals surface area contributed by atoms with Crippen LogP contribution in [0, 0.1) is 5.82 Å². The highest BCUT2D eigenvalue weighted by Crippen LogP contribution is 2.43. The zero-order valence-electron chi connectivity index (χ0n) is 16.6. The van der Waals surface area contributed by atoms with Crippen LogP contribution in [-0.4, -0.2) is 36.7 Å². The fourth-order valence-corrected chi connectivity index (χ4v) is 5.89. The molecule has 29 heavy (non-hydrogen) atoms. The van der Waals surface area contributed by atoms with E-state index in [9.17, 15) is 4.39 Å². The molecule has 0 bridgehead atoms. The second-order valence-corrected chi connectivity index (χ2v) is 8.83. The molecular weight excluding hydrogens is 361 g/mol. The first-order chi connectivity index (χ1) is 14.2. The number of benzene rings is 3. The van der Waals surface area contributed by atoms with E-state index in [0.29, 0.717) is 6.04 Å². The van der Waals surface area contributed by atoms with Gasteiger partial charge in [0.15, 0.2) is 0 Å². The quantitative estimate of drug-likeness (QED) is 0.700. The molecule has 0 unspecified atom stereocenters. The fraction of sp³-hybridized carbons (Fsp3) is 0.360. The van der Waals surface area contributed by atoms with Crippen molar-refractivity contribution in [2.75, 3.05) is 31.2 Å². The van der Waals surface area contributed by atoms with Crippen LogP contribution in [0.25, 0.3) is 10.8 Å². The van der Waals surface area contributed by atoms with Gasteiger partial charge in [-0.2, -0.15) is 0 Å². The Hall–Kier alpha value is -2.43. The van der Waals surface area contributed by atoms with Gasteiger partial charge in [-0.1, -0.05) is 36.4 Å². The Balaban J connectivity index is 1.24. The van der Waals surface area contributed by atoms with Crippen molar-refractivity contribution >= 4 is 16.5 Å². The largest absolute Gasteiger partial charge is 0.352 e. The van der Waals surface area contributed by atoms with E-state index in [4.69, 9.17) is 0 Å². The highest BCUT2D eigenvalue weighted by molar-refractivity contribution is 5.91. The summed E-state index contributed by atoms with van der Waals surface area (Å²) in [6.07, 6.45) is 3.41. The second kappa shape index (κ2) is 6.54. The minimum Gasteiger partial charge on any atom is -0.352 e. The number of nitrogens with one attached hydrogen (secondary N) is 1. The minimum absolute atomic E-state index is 0.145. The smallest absolute Gasteiger partial charge is 0.123 e. The maximum atomic E-state index is 13.4. The molecule has 0 saturated carbocycles. The van der Waals surface area contributed by atoms with Gasteiger partial charge in [0, 0.05) is 31.4 Å². The lowest BCUT2D eigenvalue weighted by atomic mass is 9.85. The van der Waals surface area contributed by atoms with E-state index in [0.717, 1.165) is 51.3 Å². The molecule has 2 fully saturated rings. The number of likely N-dealkylation sites (tertiary alicyclic amines) is 1. The standard InChI is InChI=1S/C25H26FN3/c26-20-7-9-21(10-8-20)29-17-27-16-25(29)11-13-28(14-12-25)23-15-19-5-1-3-18-4-2-6-22(23)24(18)19/h1-10,23,27H,11-17H2/t23-/m1/s1. The summed E-state index contributed by atoms with van der Waals surface area (Å²) in [5.41, 5.74) is 4.28. The summed E-state index contributed by atoms with van der Waals surface area (Å²) < 4.78 is 13.4. The van der Waals surface area contributed by atoms with Gasteiger partial charge in [0.25, 0.3) is 0 Å². The molecule has 2 heterocycles. The molecule has 0 radical (unpaired) electrons.